The molecule has 0 fully saturated rings. The predicted octanol–water partition coefficient (Wildman–Crippen LogP) is 4.93. The second-order valence-electron chi connectivity index (χ2n) is 8.08. The highest BCUT2D eigenvalue weighted by atomic mass is 35.5. The zero-order valence-corrected chi connectivity index (χ0v) is 19.7. The summed E-state index contributed by atoms with van der Waals surface area (Å²) in [5, 5.41) is 6.18. The number of halogens is 1. The number of carbonyl (C=O) groups is 2. The number of hydrogen-bond donors (Lipinski definition) is 2. The molecular weight excluding hydrogens is 452 g/mol. The van der Waals surface area contributed by atoms with Crippen molar-refractivity contribution >= 4 is 45.8 Å². The Balaban J connectivity index is 1.82. The minimum Gasteiger partial charge on any atom is -0.326 e. The topological polar surface area (TPSA) is 93.1 Å². The molecule has 3 aromatic carbocycles. The van der Waals surface area contributed by atoms with Crippen LogP contribution in [0, 0.1) is 13.8 Å². The highest BCUT2D eigenvalue weighted by molar-refractivity contribution is 6.30. The quantitative estimate of drug-likeness (QED) is 0.429. The summed E-state index contributed by atoms with van der Waals surface area (Å²) in [6, 6.07) is 17.7. The molecule has 0 radical (unpaired) electrons. The van der Waals surface area contributed by atoms with Crippen LogP contribution in [0.1, 0.15) is 18.1 Å². The van der Waals surface area contributed by atoms with E-state index in [2.05, 4.69) is 15.6 Å². The van der Waals surface area contributed by atoms with Crippen LogP contribution in [0.4, 0.5) is 11.4 Å². The molecule has 0 saturated carbocycles. The molecule has 0 aliphatic heterocycles. The summed E-state index contributed by atoms with van der Waals surface area (Å²) >= 11 is 6.01. The average Bonchev–Trinajstić information content (AvgIpc) is 2.78. The average molecular weight is 475 g/mol. The van der Waals surface area contributed by atoms with Gasteiger partial charge in [0.2, 0.25) is 11.8 Å². The van der Waals surface area contributed by atoms with E-state index in [1.165, 1.54) is 11.5 Å². The number of anilines is 2. The van der Waals surface area contributed by atoms with Gasteiger partial charge >= 0.3 is 0 Å². The Hall–Kier alpha value is -3.97. The molecule has 0 bridgehead atoms. The Labute approximate surface area is 201 Å². The highest BCUT2D eigenvalue weighted by Crippen LogP contribution is 2.27. The molecule has 2 N–H and O–H groups in total. The number of carbonyl (C=O) groups excluding carboxylic acids is 2. The summed E-state index contributed by atoms with van der Waals surface area (Å²) in [6.07, 6.45) is 0. The Kier molecular flexibility index (Phi) is 6.47. The fraction of sp³-hybridized carbons (Fsp3) is 0.154. The molecule has 0 saturated heterocycles. The smallest absolute Gasteiger partial charge is 0.278 e. The van der Waals surface area contributed by atoms with Crippen LogP contribution < -0.4 is 16.2 Å². The molecule has 0 unspecified atom stereocenters. The highest BCUT2D eigenvalue weighted by Gasteiger charge is 2.18. The number of nitrogens with zero attached hydrogens (tertiary/aromatic N) is 2. The molecule has 1 heterocycles. The maximum Gasteiger partial charge on any atom is 0.278 e. The molecule has 1 aromatic heterocycles. The van der Waals surface area contributed by atoms with Crippen molar-refractivity contribution < 1.29 is 9.59 Å². The fourth-order valence-electron chi connectivity index (χ4n) is 3.78. The second-order valence-corrected chi connectivity index (χ2v) is 8.51. The van der Waals surface area contributed by atoms with Crippen molar-refractivity contribution in [1.29, 1.82) is 0 Å². The van der Waals surface area contributed by atoms with Crippen molar-refractivity contribution in [2.24, 2.45) is 0 Å². The third-order valence-corrected chi connectivity index (χ3v) is 5.59. The first kappa shape index (κ1) is 23.2. The number of aryl methyl sites for hydroxylation is 2. The Morgan fingerprint density at radius 3 is 2.44 bits per heavy atom. The van der Waals surface area contributed by atoms with Crippen LogP contribution in [-0.4, -0.2) is 21.4 Å². The number of rotatable bonds is 5. The van der Waals surface area contributed by atoms with Gasteiger partial charge in [-0.3, -0.25) is 19.0 Å². The number of nitrogens with one attached hydrogen (secondary N) is 2. The lowest BCUT2D eigenvalue weighted by molar-refractivity contribution is -0.117. The van der Waals surface area contributed by atoms with Gasteiger partial charge in [0.25, 0.3) is 5.56 Å². The molecular formula is C26H23ClN4O3. The van der Waals surface area contributed by atoms with Crippen LogP contribution in [-0.2, 0) is 16.1 Å². The summed E-state index contributed by atoms with van der Waals surface area (Å²) in [5.74, 6) is -0.620. The van der Waals surface area contributed by atoms with E-state index in [1.807, 2.05) is 26.0 Å². The number of fused-ring (bicyclic) bond motifs is 1. The third-order valence-electron chi connectivity index (χ3n) is 5.36. The molecule has 4 rings (SSSR count). The van der Waals surface area contributed by atoms with Crippen LogP contribution in [0.25, 0.3) is 22.3 Å². The van der Waals surface area contributed by atoms with Gasteiger partial charge in [-0.05, 0) is 61.9 Å². The van der Waals surface area contributed by atoms with Crippen molar-refractivity contribution in [2.45, 2.75) is 27.3 Å². The first-order valence-electron chi connectivity index (χ1n) is 10.7. The van der Waals surface area contributed by atoms with Gasteiger partial charge in [-0.1, -0.05) is 35.4 Å². The van der Waals surface area contributed by atoms with E-state index >= 15 is 0 Å². The Bertz CT molecular complexity index is 1490. The lowest BCUT2D eigenvalue weighted by atomic mass is 10.1. The normalized spacial score (nSPS) is 10.8. The van der Waals surface area contributed by atoms with Crippen LogP contribution in [0.3, 0.4) is 0 Å². The van der Waals surface area contributed by atoms with Gasteiger partial charge in [-0.2, -0.15) is 0 Å². The molecule has 172 valence electrons. The maximum atomic E-state index is 13.6. The molecule has 34 heavy (non-hydrogen) atoms. The first-order valence-corrected chi connectivity index (χ1v) is 11.0. The minimum atomic E-state index is -0.432. The van der Waals surface area contributed by atoms with Crippen molar-refractivity contribution in [3.05, 3.63) is 87.2 Å². The molecule has 4 aromatic rings. The maximum absolute atomic E-state index is 13.6. The Morgan fingerprint density at radius 1 is 0.971 bits per heavy atom. The van der Waals surface area contributed by atoms with Crippen LogP contribution in [0.15, 0.2) is 65.5 Å². The summed E-state index contributed by atoms with van der Waals surface area (Å²) in [4.78, 5) is 42.9. The van der Waals surface area contributed by atoms with E-state index < -0.39 is 5.56 Å². The zero-order valence-electron chi connectivity index (χ0n) is 19.0. The summed E-state index contributed by atoms with van der Waals surface area (Å²) in [6.45, 7) is 4.93. The van der Waals surface area contributed by atoms with E-state index in [1.54, 1.807) is 48.5 Å². The van der Waals surface area contributed by atoms with Crippen molar-refractivity contribution in [3.8, 4) is 11.3 Å². The van der Waals surface area contributed by atoms with Crippen LogP contribution in [0.2, 0.25) is 5.02 Å². The number of aromatic nitrogens is 2. The van der Waals surface area contributed by atoms with Gasteiger partial charge in [-0.15, -0.1) is 0 Å². The van der Waals surface area contributed by atoms with Gasteiger partial charge < -0.3 is 10.6 Å². The monoisotopic (exact) mass is 474 g/mol. The predicted molar refractivity (Wildman–Crippen MR) is 135 cm³/mol. The van der Waals surface area contributed by atoms with Gasteiger partial charge in [0.05, 0.1) is 16.7 Å². The molecule has 0 aliphatic rings. The largest absolute Gasteiger partial charge is 0.326 e. The summed E-state index contributed by atoms with van der Waals surface area (Å²) < 4.78 is 1.40. The molecule has 0 aliphatic carbocycles. The van der Waals surface area contributed by atoms with Crippen molar-refractivity contribution in [3.63, 3.8) is 0 Å². The second kappa shape index (κ2) is 9.49. The van der Waals surface area contributed by atoms with Gasteiger partial charge in [0.15, 0.2) is 0 Å². The number of para-hydroxylation sites is 2. The SMILES string of the molecule is CC(=O)Nc1ccc(C)cc1-c1nc2ccccc2n(CC(=O)Nc2ccc(Cl)cc2C)c1=O. The van der Waals surface area contributed by atoms with E-state index in [4.69, 9.17) is 11.6 Å². The summed E-state index contributed by atoms with van der Waals surface area (Å²) in [5.41, 5.74) is 4.12. The molecule has 0 spiro atoms. The fourth-order valence-corrected chi connectivity index (χ4v) is 4.00. The Morgan fingerprint density at radius 2 is 1.71 bits per heavy atom. The standard InChI is InChI=1S/C26H23ClN4O3/c1-15-8-10-21(28-17(3)32)19(12-15)25-26(34)31(23-7-5-4-6-22(23)30-25)14-24(33)29-20-11-9-18(27)13-16(20)2/h4-13H,14H2,1-3H3,(H,28,32)(H,29,33). The number of hydrogen-bond acceptors (Lipinski definition) is 4. The molecule has 0 atom stereocenters. The van der Waals surface area contributed by atoms with Crippen molar-refractivity contribution in [1.82, 2.24) is 9.55 Å². The molecule has 7 nitrogen and oxygen atoms in total. The minimum absolute atomic E-state index is 0.154. The van der Waals surface area contributed by atoms with E-state index in [-0.39, 0.29) is 24.1 Å². The van der Waals surface area contributed by atoms with E-state index in [0.29, 0.717) is 33.0 Å². The van der Waals surface area contributed by atoms with E-state index in [0.717, 1.165) is 11.1 Å². The lowest BCUT2D eigenvalue weighted by Crippen LogP contribution is -2.30. The zero-order chi connectivity index (χ0) is 24.4. The number of amides is 2. The van der Waals surface area contributed by atoms with Crippen molar-refractivity contribution in [2.75, 3.05) is 10.6 Å². The van der Waals surface area contributed by atoms with Crippen LogP contribution >= 0.6 is 11.6 Å². The van der Waals surface area contributed by atoms with Crippen LogP contribution in [0.5, 0.6) is 0 Å². The summed E-state index contributed by atoms with van der Waals surface area (Å²) in [7, 11) is 0. The van der Waals surface area contributed by atoms with Gasteiger partial charge in [0, 0.05) is 23.2 Å². The van der Waals surface area contributed by atoms with Gasteiger partial charge in [-0.25, -0.2) is 4.98 Å². The number of benzene rings is 3. The third kappa shape index (κ3) is 4.84. The lowest BCUT2D eigenvalue weighted by Gasteiger charge is -2.15. The molecule has 8 heteroatoms. The van der Waals surface area contributed by atoms with Gasteiger partial charge in [0.1, 0.15) is 12.2 Å². The molecule has 2 amide bonds. The first-order chi connectivity index (χ1) is 16.2. The van der Waals surface area contributed by atoms with E-state index in [9.17, 15) is 14.4 Å².